The Morgan fingerprint density at radius 3 is 2.65 bits per heavy atom. The van der Waals surface area contributed by atoms with E-state index in [2.05, 4.69) is 0 Å². The standard InChI is InChI=1S/C15H19N3O5/c19-9-12-8-16(5-6-17(12)15(20)21)11-3-4-14(18(22)23)13(7-11)10-1-2-10/h3-4,7,10,12,19H,1-2,5-6,8-9H2,(H,20,21). The normalized spacial score (nSPS) is 21.3. The van der Waals surface area contributed by atoms with Gasteiger partial charge in [0.05, 0.1) is 17.6 Å². The highest BCUT2D eigenvalue weighted by Crippen LogP contribution is 2.45. The van der Waals surface area contributed by atoms with E-state index in [9.17, 15) is 20.0 Å². The van der Waals surface area contributed by atoms with E-state index in [1.165, 1.54) is 11.0 Å². The van der Waals surface area contributed by atoms with Crippen molar-refractivity contribution in [2.24, 2.45) is 0 Å². The molecule has 2 fully saturated rings. The molecule has 2 N–H and O–H groups in total. The summed E-state index contributed by atoms with van der Waals surface area (Å²) in [5.41, 5.74) is 1.76. The van der Waals surface area contributed by atoms with Crippen LogP contribution >= 0.6 is 0 Å². The topological polar surface area (TPSA) is 107 Å². The Morgan fingerprint density at radius 1 is 1.35 bits per heavy atom. The number of aliphatic hydroxyl groups excluding tert-OH is 1. The van der Waals surface area contributed by atoms with Crippen LogP contribution in [0.5, 0.6) is 0 Å². The van der Waals surface area contributed by atoms with Crippen LogP contribution in [-0.4, -0.2) is 58.4 Å². The van der Waals surface area contributed by atoms with Gasteiger partial charge in [0.2, 0.25) is 0 Å². The first-order chi connectivity index (χ1) is 11.0. The lowest BCUT2D eigenvalue weighted by Gasteiger charge is -2.40. The van der Waals surface area contributed by atoms with Crippen LogP contribution in [0.15, 0.2) is 18.2 Å². The van der Waals surface area contributed by atoms with E-state index in [-0.39, 0.29) is 23.1 Å². The fourth-order valence-corrected chi connectivity index (χ4v) is 3.12. The highest BCUT2D eigenvalue weighted by atomic mass is 16.6. The number of rotatable bonds is 4. The largest absolute Gasteiger partial charge is 0.465 e. The van der Waals surface area contributed by atoms with Crippen LogP contribution in [0, 0.1) is 10.1 Å². The monoisotopic (exact) mass is 321 g/mol. The van der Waals surface area contributed by atoms with Gasteiger partial charge in [-0.25, -0.2) is 4.79 Å². The van der Waals surface area contributed by atoms with E-state index in [4.69, 9.17) is 5.11 Å². The molecule has 0 spiro atoms. The average molecular weight is 321 g/mol. The molecule has 0 bridgehead atoms. The number of carboxylic acid groups (broad SMARTS) is 1. The van der Waals surface area contributed by atoms with Gasteiger partial charge in [0, 0.05) is 37.0 Å². The Morgan fingerprint density at radius 2 is 2.09 bits per heavy atom. The zero-order chi connectivity index (χ0) is 16.6. The molecule has 124 valence electrons. The van der Waals surface area contributed by atoms with Gasteiger partial charge >= 0.3 is 6.09 Å². The molecule has 2 aliphatic rings. The van der Waals surface area contributed by atoms with Crippen LogP contribution < -0.4 is 4.90 Å². The van der Waals surface area contributed by atoms with Crippen molar-refractivity contribution in [3.05, 3.63) is 33.9 Å². The Hall–Kier alpha value is -2.35. The fraction of sp³-hybridized carbons (Fsp3) is 0.533. The minimum absolute atomic E-state index is 0.152. The predicted octanol–water partition coefficient (Wildman–Crippen LogP) is 1.63. The molecule has 1 saturated heterocycles. The van der Waals surface area contributed by atoms with Gasteiger partial charge < -0.3 is 15.1 Å². The minimum atomic E-state index is -1.04. The quantitative estimate of drug-likeness (QED) is 0.645. The maximum Gasteiger partial charge on any atom is 0.407 e. The molecule has 1 heterocycles. The molecule has 1 unspecified atom stereocenters. The molecule has 1 aromatic rings. The van der Waals surface area contributed by atoms with Gasteiger partial charge in [0.15, 0.2) is 0 Å². The Balaban J connectivity index is 1.83. The first kappa shape index (κ1) is 15.5. The summed E-state index contributed by atoms with van der Waals surface area (Å²) in [6.07, 6.45) is 0.901. The van der Waals surface area contributed by atoms with Crippen molar-refractivity contribution in [1.29, 1.82) is 0 Å². The molecule has 8 nitrogen and oxygen atoms in total. The molecule has 1 aliphatic heterocycles. The summed E-state index contributed by atoms with van der Waals surface area (Å²) in [6, 6.07) is 4.59. The molecule has 1 aliphatic carbocycles. The highest BCUT2D eigenvalue weighted by molar-refractivity contribution is 5.66. The van der Waals surface area contributed by atoms with Crippen LogP contribution in [0.4, 0.5) is 16.2 Å². The van der Waals surface area contributed by atoms with Gasteiger partial charge in [-0.3, -0.25) is 15.0 Å². The van der Waals surface area contributed by atoms with Gasteiger partial charge in [-0.1, -0.05) is 0 Å². The molecule has 1 amide bonds. The van der Waals surface area contributed by atoms with Crippen molar-refractivity contribution in [2.75, 3.05) is 31.1 Å². The molecule has 1 atom stereocenters. The number of anilines is 1. The average Bonchev–Trinajstić information content (AvgIpc) is 3.38. The zero-order valence-electron chi connectivity index (χ0n) is 12.6. The lowest BCUT2D eigenvalue weighted by atomic mass is 10.1. The van der Waals surface area contributed by atoms with Crippen LogP contribution in [-0.2, 0) is 0 Å². The fourth-order valence-electron chi connectivity index (χ4n) is 3.12. The summed E-state index contributed by atoms with van der Waals surface area (Å²) in [5, 5.41) is 29.7. The van der Waals surface area contributed by atoms with Crippen LogP contribution in [0.3, 0.4) is 0 Å². The summed E-state index contributed by atoms with van der Waals surface area (Å²) in [5.74, 6) is 0.254. The van der Waals surface area contributed by atoms with Gasteiger partial charge in [-0.2, -0.15) is 0 Å². The molecule has 1 saturated carbocycles. The molecule has 23 heavy (non-hydrogen) atoms. The molecule has 1 aromatic carbocycles. The number of hydrogen-bond donors (Lipinski definition) is 2. The summed E-state index contributed by atoms with van der Waals surface area (Å²) in [7, 11) is 0. The maximum atomic E-state index is 11.2. The number of nitro benzene ring substituents is 1. The molecule has 0 radical (unpaired) electrons. The number of carbonyl (C=O) groups is 1. The SMILES string of the molecule is O=C(O)N1CCN(c2ccc([N+](=O)[O-])c(C3CC3)c2)CC1CO. The van der Waals surface area contributed by atoms with E-state index < -0.39 is 12.1 Å². The zero-order valence-corrected chi connectivity index (χ0v) is 12.6. The number of piperazine rings is 1. The van der Waals surface area contributed by atoms with Crippen molar-refractivity contribution < 1.29 is 19.9 Å². The van der Waals surface area contributed by atoms with E-state index in [0.29, 0.717) is 19.6 Å². The van der Waals surface area contributed by atoms with Crippen molar-refractivity contribution in [3.8, 4) is 0 Å². The van der Waals surface area contributed by atoms with Crippen molar-refractivity contribution in [3.63, 3.8) is 0 Å². The summed E-state index contributed by atoms with van der Waals surface area (Å²) in [4.78, 5) is 25.2. The maximum absolute atomic E-state index is 11.2. The second-order valence-corrected chi connectivity index (χ2v) is 6.03. The van der Waals surface area contributed by atoms with Crippen LogP contribution in [0.2, 0.25) is 0 Å². The van der Waals surface area contributed by atoms with E-state index in [1.54, 1.807) is 6.07 Å². The van der Waals surface area contributed by atoms with Gasteiger partial charge in [0.25, 0.3) is 5.69 Å². The summed E-state index contributed by atoms with van der Waals surface area (Å²) >= 11 is 0. The Kier molecular flexibility index (Phi) is 4.08. The van der Waals surface area contributed by atoms with Crippen molar-refractivity contribution >= 4 is 17.5 Å². The minimum Gasteiger partial charge on any atom is -0.465 e. The van der Waals surface area contributed by atoms with Crippen LogP contribution in [0.1, 0.15) is 24.3 Å². The van der Waals surface area contributed by atoms with E-state index in [0.717, 1.165) is 24.1 Å². The second-order valence-electron chi connectivity index (χ2n) is 6.03. The number of benzene rings is 1. The number of nitrogens with zero attached hydrogens (tertiary/aromatic N) is 3. The number of nitro groups is 1. The molecule has 8 heteroatoms. The summed E-state index contributed by atoms with van der Waals surface area (Å²) in [6.45, 7) is 0.941. The number of aliphatic hydroxyl groups is 1. The summed E-state index contributed by atoms with van der Waals surface area (Å²) < 4.78 is 0. The highest BCUT2D eigenvalue weighted by Gasteiger charge is 2.33. The van der Waals surface area contributed by atoms with Gasteiger partial charge in [-0.15, -0.1) is 0 Å². The second kappa shape index (κ2) is 6.04. The van der Waals surface area contributed by atoms with Crippen molar-refractivity contribution in [1.82, 2.24) is 4.90 Å². The van der Waals surface area contributed by atoms with E-state index in [1.807, 2.05) is 11.0 Å². The Bertz CT molecular complexity index is 632. The number of amides is 1. The smallest absolute Gasteiger partial charge is 0.407 e. The number of hydrogen-bond acceptors (Lipinski definition) is 5. The Labute approximate surface area is 133 Å². The first-order valence-electron chi connectivity index (χ1n) is 7.65. The molecular formula is C15H19N3O5. The van der Waals surface area contributed by atoms with Gasteiger partial charge in [-0.05, 0) is 30.9 Å². The predicted molar refractivity (Wildman–Crippen MR) is 82.9 cm³/mol. The van der Waals surface area contributed by atoms with Gasteiger partial charge in [0.1, 0.15) is 0 Å². The van der Waals surface area contributed by atoms with E-state index >= 15 is 0 Å². The van der Waals surface area contributed by atoms with Crippen molar-refractivity contribution in [2.45, 2.75) is 24.8 Å². The lowest BCUT2D eigenvalue weighted by molar-refractivity contribution is -0.385. The third-order valence-electron chi connectivity index (χ3n) is 4.53. The molecule has 0 aromatic heterocycles. The third-order valence-corrected chi connectivity index (χ3v) is 4.53. The lowest BCUT2D eigenvalue weighted by Crippen LogP contribution is -2.56. The molecular weight excluding hydrogens is 302 g/mol. The van der Waals surface area contributed by atoms with Crippen LogP contribution in [0.25, 0.3) is 0 Å². The molecule has 3 rings (SSSR count). The first-order valence-corrected chi connectivity index (χ1v) is 7.65. The third kappa shape index (κ3) is 3.07.